The minimum atomic E-state index is -1.28. The number of hydrogen-bond donors (Lipinski definition) is 3. The van der Waals surface area contributed by atoms with Crippen LogP contribution >= 0.6 is 15.9 Å². The fourth-order valence-corrected chi connectivity index (χ4v) is 1.72. The van der Waals surface area contributed by atoms with Crippen LogP contribution in [0.3, 0.4) is 0 Å². The van der Waals surface area contributed by atoms with Gasteiger partial charge < -0.3 is 15.3 Å². The summed E-state index contributed by atoms with van der Waals surface area (Å²) in [5.74, 6) is -1.42. The number of benzene rings is 1. The monoisotopic (exact) mass is 278 g/mol. The van der Waals surface area contributed by atoms with Crippen LogP contribution in [-0.2, 0) is 0 Å². The number of rotatable bonds is 4. The summed E-state index contributed by atoms with van der Waals surface area (Å²) in [6.45, 7) is 0. The smallest absolute Gasteiger partial charge is 0.165 e. The highest BCUT2D eigenvalue weighted by Gasteiger charge is 2.21. The number of phenolic OH excluding ortho intramolecular Hbond substituents is 1. The Balaban J connectivity index is 2.90. The molecule has 0 fully saturated rings. The van der Waals surface area contributed by atoms with Gasteiger partial charge in [0.1, 0.15) is 6.10 Å². The molecule has 1 aromatic rings. The fraction of sp³-hybridized carbons (Fsp3) is 0.400. The Morgan fingerprint density at radius 1 is 1.33 bits per heavy atom. The molecule has 0 saturated heterocycles. The van der Waals surface area contributed by atoms with Crippen molar-refractivity contribution in [2.75, 3.05) is 5.33 Å². The van der Waals surface area contributed by atoms with E-state index >= 15 is 0 Å². The van der Waals surface area contributed by atoms with Gasteiger partial charge in [0.15, 0.2) is 11.6 Å². The van der Waals surface area contributed by atoms with Crippen LogP contribution in [-0.4, -0.2) is 26.8 Å². The van der Waals surface area contributed by atoms with Crippen molar-refractivity contribution >= 4 is 15.9 Å². The van der Waals surface area contributed by atoms with Gasteiger partial charge in [0.25, 0.3) is 0 Å². The van der Waals surface area contributed by atoms with Gasteiger partial charge in [-0.25, -0.2) is 4.39 Å². The zero-order valence-corrected chi connectivity index (χ0v) is 9.48. The van der Waals surface area contributed by atoms with Crippen LogP contribution in [0.1, 0.15) is 18.1 Å². The number of halogens is 2. The van der Waals surface area contributed by atoms with Crippen molar-refractivity contribution in [3.8, 4) is 5.75 Å². The molecule has 0 radical (unpaired) electrons. The number of para-hydroxylation sites is 1. The second-order valence-electron chi connectivity index (χ2n) is 3.17. The quantitative estimate of drug-likeness (QED) is 0.735. The lowest BCUT2D eigenvalue weighted by Gasteiger charge is -2.18. The van der Waals surface area contributed by atoms with Gasteiger partial charge in [0.05, 0.1) is 6.10 Å². The van der Waals surface area contributed by atoms with Crippen molar-refractivity contribution in [3.63, 3.8) is 0 Å². The van der Waals surface area contributed by atoms with E-state index in [1.165, 1.54) is 12.1 Å². The molecule has 0 aliphatic carbocycles. The zero-order chi connectivity index (χ0) is 11.4. The molecule has 84 valence electrons. The molecule has 0 aliphatic rings. The number of hydrogen-bond acceptors (Lipinski definition) is 3. The number of aliphatic hydroxyl groups excluding tert-OH is 2. The molecule has 0 saturated carbocycles. The average Bonchev–Trinajstić information content (AvgIpc) is 2.21. The van der Waals surface area contributed by atoms with Crippen molar-refractivity contribution in [3.05, 3.63) is 29.6 Å². The Morgan fingerprint density at radius 2 is 2.00 bits per heavy atom. The minimum absolute atomic E-state index is 0.00319. The van der Waals surface area contributed by atoms with Crippen LogP contribution in [0, 0.1) is 5.82 Å². The van der Waals surface area contributed by atoms with Crippen molar-refractivity contribution in [2.24, 2.45) is 0 Å². The molecule has 3 N–H and O–H groups in total. The molecule has 3 nitrogen and oxygen atoms in total. The lowest BCUT2D eigenvalue weighted by molar-refractivity contribution is 0.0157. The Labute approximate surface area is 95.3 Å². The van der Waals surface area contributed by atoms with Crippen molar-refractivity contribution < 1.29 is 19.7 Å². The van der Waals surface area contributed by atoms with E-state index in [1.807, 2.05) is 0 Å². The van der Waals surface area contributed by atoms with Crippen LogP contribution < -0.4 is 0 Å². The second-order valence-corrected chi connectivity index (χ2v) is 3.96. The lowest BCUT2D eigenvalue weighted by Crippen LogP contribution is -2.18. The number of aromatic hydroxyl groups is 1. The predicted octanol–water partition coefficient (Wildman–Crippen LogP) is 1.71. The standard InChI is InChI=1S/C10H12BrFO3/c11-5-4-8(13)10(15)6-2-1-3-7(12)9(6)14/h1-3,8,10,13-15H,4-5H2. The van der Waals surface area contributed by atoms with Gasteiger partial charge in [-0.3, -0.25) is 0 Å². The average molecular weight is 279 g/mol. The van der Waals surface area contributed by atoms with E-state index in [-0.39, 0.29) is 5.56 Å². The largest absolute Gasteiger partial charge is 0.505 e. The van der Waals surface area contributed by atoms with Gasteiger partial charge in [0, 0.05) is 10.9 Å². The Hall–Kier alpha value is -0.650. The highest BCUT2D eigenvalue weighted by Crippen LogP contribution is 2.29. The first-order chi connectivity index (χ1) is 7.07. The fourth-order valence-electron chi connectivity index (χ4n) is 1.25. The summed E-state index contributed by atoms with van der Waals surface area (Å²) in [5.41, 5.74) is 0.00319. The molecule has 1 aromatic carbocycles. The second kappa shape index (κ2) is 5.44. The molecule has 5 heteroatoms. The van der Waals surface area contributed by atoms with Crippen LogP contribution in [0.15, 0.2) is 18.2 Å². The molecule has 0 amide bonds. The third kappa shape index (κ3) is 2.90. The summed E-state index contributed by atoms with van der Waals surface area (Å²) in [4.78, 5) is 0. The van der Waals surface area contributed by atoms with Crippen LogP contribution in [0.4, 0.5) is 4.39 Å². The molecule has 15 heavy (non-hydrogen) atoms. The van der Waals surface area contributed by atoms with E-state index in [2.05, 4.69) is 15.9 Å². The van der Waals surface area contributed by atoms with Gasteiger partial charge in [-0.05, 0) is 12.5 Å². The molecule has 0 spiro atoms. The number of phenols is 1. The SMILES string of the molecule is Oc1c(F)cccc1C(O)C(O)CCBr. The highest BCUT2D eigenvalue weighted by atomic mass is 79.9. The molecule has 2 unspecified atom stereocenters. The molecule has 1 rings (SSSR count). The van der Waals surface area contributed by atoms with Gasteiger partial charge in [-0.15, -0.1) is 0 Å². The highest BCUT2D eigenvalue weighted by molar-refractivity contribution is 9.09. The summed E-state index contributed by atoms with van der Waals surface area (Å²) >= 11 is 3.12. The Bertz CT molecular complexity index is 332. The van der Waals surface area contributed by atoms with E-state index in [1.54, 1.807) is 0 Å². The van der Waals surface area contributed by atoms with Gasteiger partial charge in [-0.2, -0.15) is 0 Å². The van der Waals surface area contributed by atoms with Crippen molar-refractivity contribution in [1.29, 1.82) is 0 Å². The van der Waals surface area contributed by atoms with Gasteiger partial charge >= 0.3 is 0 Å². The van der Waals surface area contributed by atoms with E-state index in [0.717, 1.165) is 6.07 Å². The Morgan fingerprint density at radius 3 is 2.60 bits per heavy atom. The van der Waals surface area contributed by atoms with Crippen molar-refractivity contribution in [2.45, 2.75) is 18.6 Å². The first-order valence-corrected chi connectivity index (χ1v) is 5.59. The van der Waals surface area contributed by atoms with Crippen LogP contribution in [0.25, 0.3) is 0 Å². The summed E-state index contributed by atoms with van der Waals surface area (Å²) in [7, 11) is 0. The Kier molecular flexibility index (Phi) is 4.50. The van der Waals surface area contributed by atoms with E-state index < -0.39 is 23.8 Å². The van der Waals surface area contributed by atoms with Gasteiger partial charge in [0.2, 0.25) is 0 Å². The van der Waals surface area contributed by atoms with Crippen LogP contribution in [0.2, 0.25) is 0 Å². The molecule has 0 heterocycles. The van der Waals surface area contributed by atoms with E-state index in [4.69, 9.17) is 0 Å². The van der Waals surface area contributed by atoms with Gasteiger partial charge in [-0.1, -0.05) is 28.1 Å². The summed E-state index contributed by atoms with van der Waals surface area (Å²) in [5, 5.41) is 28.9. The molecular formula is C10H12BrFO3. The summed E-state index contributed by atoms with van der Waals surface area (Å²) < 4.78 is 12.9. The third-order valence-corrected chi connectivity index (χ3v) is 2.56. The zero-order valence-electron chi connectivity index (χ0n) is 7.90. The maximum absolute atomic E-state index is 12.9. The molecule has 0 aliphatic heterocycles. The molecule has 0 bridgehead atoms. The van der Waals surface area contributed by atoms with Crippen molar-refractivity contribution in [1.82, 2.24) is 0 Å². The van der Waals surface area contributed by atoms with E-state index in [0.29, 0.717) is 11.8 Å². The van der Waals surface area contributed by atoms with Crippen LogP contribution in [0.5, 0.6) is 5.75 Å². The number of alkyl halides is 1. The normalized spacial score (nSPS) is 14.9. The van der Waals surface area contributed by atoms with E-state index in [9.17, 15) is 19.7 Å². The first kappa shape index (κ1) is 12.4. The topological polar surface area (TPSA) is 60.7 Å². The molecule has 0 aromatic heterocycles. The molecule has 2 atom stereocenters. The third-order valence-electron chi connectivity index (χ3n) is 2.11. The summed E-state index contributed by atoms with van der Waals surface area (Å²) in [6.07, 6.45) is -1.99. The number of aliphatic hydroxyl groups is 2. The summed E-state index contributed by atoms with van der Waals surface area (Å²) in [6, 6.07) is 3.83. The maximum atomic E-state index is 12.9. The first-order valence-electron chi connectivity index (χ1n) is 4.47. The minimum Gasteiger partial charge on any atom is -0.505 e. The lowest BCUT2D eigenvalue weighted by atomic mass is 10.0. The molecular weight excluding hydrogens is 267 g/mol. The maximum Gasteiger partial charge on any atom is 0.165 e. The predicted molar refractivity (Wildman–Crippen MR) is 57.4 cm³/mol.